The van der Waals surface area contributed by atoms with Crippen LogP contribution in [0, 0.1) is 0 Å². The van der Waals surface area contributed by atoms with Gasteiger partial charge in [-0.25, -0.2) is 4.98 Å². The minimum Gasteiger partial charge on any atom is -0.340 e. The van der Waals surface area contributed by atoms with E-state index in [0.717, 1.165) is 15.3 Å². The molecule has 28 heavy (non-hydrogen) atoms. The van der Waals surface area contributed by atoms with Gasteiger partial charge in [-0.2, -0.15) is 0 Å². The van der Waals surface area contributed by atoms with Crippen LogP contribution in [-0.2, 0) is 18.4 Å². The number of carbonyl (C=O) groups is 1. The van der Waals surface area contributed by atoms with E-state index < -0.39 is 0 Å². The van der Waals surface area contributed by atoms with Gasteiger partial charge in [0, 0.05) is 34.8 Å². The molecule has 4 rings (SSSR count). The minimum atomic E-state index is -0.0726. The van der Waals surface area contributed by atoms with Crippen LogP contribution in [0.15, 0.2) is 50.4 Å². The summed E-state index contributed by atoms with van der Waals surface area (Å²) in [4.78, 5) is 34.7. The summed E-state index contributed by atoms with van der Waals surface area (Å²) in [7, 11) is 3.51. The molecule has 0 aliphatic heterocycles. The van der Waals surface area contributed by atoms with Crippen LogP contribution < -0.4 is 5.56 Å². The van der Waals surface area contributed by atoms with Gasteiger partial charge >= 0.3 is 0 Å². The molecule has 4 aromatic heterocycles. The number of amides is 1. The monoisotopic (exact) mass is 447 g/mol. The van der Waals surface area contributed by atoms with Gasteiger partial charge in [0.25, 0.3) is 5.56 Å². The molecule has 0 aliphatic carbocycles. The van der Waals surface area contributed by atoms with Crippen LogP contribution in [0.1, 0.15) is 4.88 Å². The summed E-state index contributed by atoms with van der Waals surface area (Å²) < 4.78 is 1.55. The van der Waals surface area contributed by atoms with Crippen LogP contribution in [0.4, 0.5) is 0 Å². The quantitative estimate of drug-likeness (QED) is 0.322. The number of fused-ring (bicyclic) bond motifs is 1. The van der Waals surface area contributed by atoms with Crippen molar-refractivity contribution >= 4 is 61.9 Å². The predicted molar refractivity (Wildman–Crippen MR) is 120 cm³/mol. The number of thioether (sulfide) groups is 1. The van der Waals surface area contributed by atoms with Gasteiger partial charge in [-0.1, -0.05) is 23.9 Å². The highest BCUT2D eigenvalue weighted by atomic mass is 32.2. The lowest BCUT2D eigenvalue weighted by molar-refractivity contribution is -0.127. The molecule has 0 bridgehead atoms. The Balaban J connectivity index is 1.54. The number of aromatic nitrogens is 2. The Bertz CT molecular complexity index is 1160. The molecule has 0 aliphatic rings. The third-order valence-electron chi connectivity index (χ3n) is 4.28. The average Bonchev–Trinajstić information content (AvgIpc) is 3.44. The summed E-state index contributed by atoms with van der Waals surface area (Å²) in [5, 5.41) is 7.21. The molecule has 4 heterocycles. The Kier molecular flexibility index (Phi) is 5.68. The Labute approximate surface area is 178 Å². The Morgan fingerprint density at radius 3 is 2.71 bits per heavy atom. The van der Waals surface area contributed by atoms with Gasteiger partial charge in [-0.05, 0) is 22.9 Å². The van der Waals surface area contributed by atoms with Crippen molar-refractivity contribution in [3.05, 3.63) is 55.6 Å². The third-order valence-corrected chi connectivity index (χ3v) is 7.94. The Hall–Kier alpha value is -1.94. The first-order valence-electron chi connectivity index (χ1n) is 8.46. The van der Waals surface area contributed by atoms with Crippen LogP contribution in [0.25, 0.3) is 20.7 Å². The lowest BCUT2D eigenvalue weighted by Gasteiger charge is -2.16. The van der Waals surface area contributed by atoms with Gasteiger partial charge in [-0.3, -0.25) is 14.2 Å². The molecule has 0 N–H and O–H groups in total. The molecule has 0 aromatic carbocycles. The first-order chi connectivity index (χ1) is 13.5. The first kappa shape index (κ1) is 19.4. The van der Waals surface area contributed by atoms with Crippen molar-refractivity contribution in [1.29, 1.82) is 0 Å². The summed E-state index contributed by atoms with van der Waals surface area (Å²) in [6, 6.07) is 7.98. The highest BCUT2D eigenvalue weighted by molar-refractivity contribution is 7.99. The van der Waals surface area contributed by atoms with Crippen molar-refractivity contribution in [2.75, 3.05) is 12.8 Å². The SMILES string of the molecule is CN(Cc1cccs1)C(=O)CSc1nc2scc(-c3cccs3)c2c(=O)n1C. The van der Waals surface area contributed by atoms with E-state index in [2.05, 4.69) is 4.98 Å². The fourth-order valence-electron chi connectivity index (χ4n) is 2.76. The van der Waals surface area contributed by atoms with Crippen LogP contribution in [0.2, 0.25) is 0 Å². The van der Waals surface area contributed by atoms with E-state index in [4.69, 9.17) is 0 Å². The molecule has 0 saturated heterocycles. The van der Waals surface area contributed by atoms with Gasteiger partial charge in [0.2, 0.25) is 5.91 Å². The van der Waals surface area contributed by atoms with Gasteiger partial charge < -0.3 is 4.90 Å². The smallest absolute Gasteiger partial charge is 0.263 e. The molecule has 9 heteroatoms. The number of hydrogen-bond acceptors (Lipinski definition) is 7. The maximum Gasteiger partial charge on any atom is 0.263 e. The first-order valence-corrected chi connectivity index (χ1v) is 12.1. The summed E-state index contributed by atoms with van der Waals surface area (Å²) >= 11 is 6.02. The van der Waals surface area contributed by atoms with Crippen molar-refractivity contribution < 1.29 is 4.79 Å². The standard InChI is InChI=1S/C19H17N3O2S4/c1-21(9-12-5-3-7-25-12)15(23)11-28-19-20-17-16(18(24)22(19)2)13(10-27-17)14-6-4-8-26-14/h3-8,10H,9,11H2,1-2H3. The third kappa shape index (κ3) is 3.80. The van der Waals surface area contributed by atoms with Crippen LogP contribution in [0.5, 0.6) is 0 Å². The molecule has 144 valence electrons. The van der Waals surface area contributed by atoms with E-state index in [0.29, 0.717) is 21.9 Å². The molecule has 4 aromatic rings. The fraction of sp³-hybridized carbons (Fsp3) is 0.211. The van der Waals surface area contributed by atoms with E-state index in [1.807, 2.05) is 40.4 Å². The van der Waals surface area contributed by atoms with Crippen molar-refractivity contribution in [3.63, 3.8) is 0 Å². The second kappa shape index (κ2) is 8.20. The number of carbonyl (C=O) groups excluding carboxylic acids is 1. The lowest BCUT2D eigenvalue weighted by atomic mass is 10.2. The maximum absolute atomic E-state index is 12.9. The van der Waals surface area contributed by atoms with Crippen LogP contribution >= 0.6 is 45.8 Å². The zero-order chi connectivity index (χ0) is 19.7. The van der Waals surface area contributed by atoms with Gasteiger partial charge in [0.05, 0.1) is 17.7 Å². The molecule has 0 atom stereocenters. The Morgan fingerprint density at radius 1 is 1.21 bits per heavy atom. The zero-order valence-electron chi connectivity index (χ0n) is 15.2. The van der Waals surface area contributed by atoms with Crippen LogP contribution in [-0.4, -0.2) is 33.2 Å². The van der Waals surface area contributed by atoms with Crippen LogP contribution in [0.3, 0.4) is 0 Å². The number of hydrogen-bond donors (Lipinski definition) is 0. The minimum absolute atomic E-state index is 0.0122. The molecule has 0 spiro atoms. The number of thiophene rings is 3. The topological polar surface area (TPSA) is 55.2 Å². The molecule has 5 nitrogen and oxygen atoms in total. The van der Waals surface area contributed by atoms with Gasteiger partial charge in [0.1, 0.15) is 4.83 Å². The molecular weight excluding hydrogens is 430 g/mol. The highest BCUT2D eigenvalue weighted by Gasteiger charge is 2.18. The Morgan fingerprint density at radius 2 is 2.00 bits per heavy atom. The lowest BCUT2D eigenvalue weighted by Crippen LogP contribution is -2.28. The largest absolute Gasteiger partial charge is 0.340 e. The summed E-state index contributed by atoms with van der Waals surface area (Å²) in [5.41, 5.74) is 0.864. The average molecular weight is 448 g/mol. The molecule has 0 unspecified atom stereocenters. The molecule has 0 fully saturated rings. The summed E-state index contributed by atoms with van der Waals surface area (Å²) in [6.45, 7) is 0.595. The summed E-state index contributed by atoms with van der Waals surface area (Å²) in [5.74, 6) is 0.259. The van der Waals surface area contributed by atoms with Gasteiger partial charge in [0.15, 0.2) is 5.16 Å². The van der Waals surface area contributed by atoms with Crippen molar-refractivity contribution in [1.82, 2.24) is 14.5 Å². The molecule has 1 amide bonds. The molecular formula is C19H17N3O2S4. The van der Waals surface area contributed by atoms with Crippen molar-refractivity contribution in [2.45, 2.75) is 11.7 Å². The van der Waals surface area contributed by atoms with E-state index in [-0.39, 0.29) is 17.2 Å². The summed E-state index contributed by atoms with van der Waals surface area (Å²) in [6.07, 6.45) is 0. The number of nitrogens with zero attached hydrogens (tertiary/aromatic N) is 3. The zero-order valence-corrected chi connectivity index (χ0v) is 18.5. The van der Waals surface area contributed by atoms with E-state index >= 15 is 0 Å². The molecule has 0 radical (unpaired) electrons. The van der Waals surface area contributed by atoms with Gasteiger partial charge in [-0.15, -0.1) is 34.0 Å². The molecule has 0 saturated carbocycles. The highest BCUT2D eigenvalue weighted by Crippen LogP contribution is 2.34. The second-order valence-corrected chi connectivity index (χ2v) is 9.96. The number of rotatable bonds is 6. The fourth-order valence-corrected chi connectivity index (χ4v) is 6.23. The predicted octanol–water partition coefficient (Wildman–Crippen LogP) is 4.54. The second-order valence-electron chi connectivity index (χ2n) is 6.18. The van der Waals surface area contributed by atoms with E-state index in [1.54, 1.807) is 46.2 Å². The van der Waals surface area contributed by atoms with E-state index in [9.17, 15) is 9.59 Å². The van der Waals surface area contributed by atoms with Crippen molar-refractivity contribution in [3.8, 4) is 10.4 Å². The van der Waals surface area contributed by atoms with Crippen molar-refractivity contribution in [2.24, 2.45) is 7.05 Å². The van der Waals surface area contributed by atoms with E-state index in [1.165, 1.54) is 23.1 Å². The normalized spacial score (nSPS) is 11.2. The maximum atomic E-state index is 12.9.